The molecule has 0 saturated heterocycles. The largest absolute Gasteiger partial charge is 0.419 e. The summed E-state index contributed by atoms with van der Waals surface area (Å²) in [6.07, 6.45) is -4.16. The molecule has 0 fully saturated rings. The van der Waals surface area contributed by atoms with Gasteiger partial charge >= 0.3 is 6.18 Å². The standard InChI is InChI=1S/C13H17F4NO/c1-3-18-12(6-7-19-2)9-4-5-11(14)10(8-9)13(15,16)17/h4-5,8,12,18H,3,6-7H2,1-2H3. The van der Waals surface area contributed by atoms with Crippen LogP contribution in [0.4, 0.5) is 17.6 Å². The molecule has 1 atom stereocenters. The van der Waals surface area contributed by atoms with Gasteiger partial charge in [0.2, 0.25) is 0 Å². The summed E-state index contributed by atoms with van der Waals surface area (Å²) in [5, 5.41) is 3.06. The zero-order chi connectivity index (χ0) is 14.5. The summed E-state index contributed by atoms with van der Waals surface area (Å²) in [5.74, 6) is -1.25. The second-order valence-electron chi connectivity index (χ2n) is 4.13. The maximum atomic E-state index is 13.2. The molecule has 0 aliphatic carbocycles. The van der Waals surface area contributed by atoms with Gasteiger partial charge in [-0.05, 0) is 30.7 Å². The average Bonchev–Trinajstić information content (AvgIpc) is 2.34. The van der Waals surface area contributed by atoms with Crippen molar-refractivity contribution in [3.8, 4) is 0 Å². The quantitative estimate of drug-likeness (QED) is 0.804. The molecular formula is C13H17F4NO. The van der Waals surface area contributed by atoms with E-state index in [1.807, 2.05) is 6.92 Å². The molecule has 108 valence electrons. The second kappa shape index (κ2) is 6.86. The highest BCUT2D eigenvalue weighted by molar-refractivity contribution is 5.29. The van der Waals surface area contributed by atoms with Gasteiger partial charge < -0.3 is 10.1 Å². The van der Waals surface area contributed by atoms with Crippen molar-refractivity contribution in [2.75, 3.05) is 20.3 Å². The van der Waals surface area contributed by atoms with E-state index in [-0.39, 0.29) is 6.04 Å². The first-order valence-electron chi connectivity index (χ1n) is 5.99. The number of hydrogen-bond donors (Lipinski definition) is 1. The van der Waals surface area contributed by atoms with E-state index < -0.39 is 17.6 Å². The third-order valence-corrected chi connectivity index (χ3v) is 2.76. The predicted molar refractivity (Wildman–Crippen MR) is 64.3 cm³/mol. The second-order valence-corrected chi connectivity index (χ2v) is 4.13. The van der Waals surface area contributed by atoms with Crippen LogP contribution in [0.15, 0.2) is 18.2 Å². The van der Waals surface area contributed by atoms with E-state index in [0.717, 1.165) is 12.1 Å². The Kier molecular flexibility index (Phi) is 5.75. The van der Waals surface area contributed by atoms with Crippen LogP contribution in [0.5, 0.6) is 0 Å². The zero-order valence-corrected chi connectivity index (χ0v) is 10.9. The minimum Gasteiger partial charge on any atom is -0.385 e. The van der Waals surface area contributed by atoms with Gasteiger partial charge in [0.15, 0.2) is 0 Å². The summed E-state index contributed by atoms with van der Waals surface area (Å²) < 4.78 is 56.1. The van der Waals surface area contributed by atoms with Crippen molar-refractivity contribution >= 4 is 0 Å². The van der Waals surface area contributed by atoms with Gasteiger partial charge in [-0.3, -0.25) is 0 Å². The Morgan fingerprint density at radius 3 is 2.53 bits per heavy atom. The highest BCUT2D eigenvalue weighted by Gasteiger charge is 2.34. The summed E-state index contributed by atoms with van der Waals surface area (Å²) in [6, 6.07) is 2.80. The monoisotopic (exact) mass is 279 g/mol. The van der Waals surface area contributed by atoms with Crippen LogP contribution in [-0.2, 0) is 10.9 Å². The lowest BCUT2D eigenvalue weighted by atomic mass is 10.0. The molecule has 0 bridgehead atoms. The van der Waals surface area contributed by atoms with Crippen LogP contribution < -0.4 is 5.32 Å². The summed E-state index contributed by atoms with van der Waals surface area (Å²) >= 11 is 0. The average molecular weight is 279 g/mol. The van der Waals surface area contributed by atoms with Gasteiger partial charge in [-0.1, -0.05) is 13.0 Å². The van der Waals surface area contributed by atoms with Crippen LogP contribution in [0.1, 0.15) is 30.5 Å². The number of methoxy groups -OCH3 is 1. The van der Waals surface area contributed by atoms with E-state index in [0.29, 0.717) is 25.1 Å². The fraction of sp³-hybridized carbons (Fsp3) is 0.538. The van der Waals surface area contributed by atoms with Gasteiger partial charge in [0.1, 0.15) is 5.82 Å². The van der Waals surface area contributed by atoms with Crippen LogP contribution in [-0.4, -0.2) is 20.3 Å². The number of ether oxygens (including phenoxy) is 1. The fourth-order valence-electron chi connectivity index (χ4n) is 1.85. The lowest BCUT2D eigenvalue weighted by molar-refractivity contribution is -0.140. The Labute approximate surface area is 109 Å². The van der Waals surface area contributed by atoms with Gasteiger partial charge in [-0.15, -0.1) is 0 Å². The van der Waals surface area contributed by atoms with Gasteiger partial charge in [-0.2, -0.15) is 13.2 Å². The minimum atomic E-state index is -4.68. The molecule has 6 heteroatoms. The molecule has 2 nitrogen and oxygen atoms in total. The molecule has 0 aromatic heterocycles. The summed E-state index contributed by atoms with van der Waals surface area (Å²) in [5.41, 5.74) is -0.821. The molecule has 1 N–H and O–H groups in total. The third kappa shape index (κ3) is 4.47. The van der Waals surface area contributed by atoms with Crippen molar-refractivity contribution < 1.29 is 22.3 Å². The maximum absolute atomic E-state index is 13.2. The molecule has 0 saturated carbocycles. The van der Waals surface area contributed by atoms with E-state index in [4.69, 9.17) is 4.74 Å². The van der Waals surface area contributed by atoms with Gasteiger partial charge in [-0.25, -0.2) is 4.39 Å². The van der Waals surface area contributed by atoms with E-state index in [9.17, 15) is 17.6 Å². The van der Waals surface area contributed by atoms with Crippen molar-refractivity contribution in [1.29, 1.82) is 0 Å². The highest BCUT2D eigenvalue weighted by atomic mass is 19.4. The van der Waals surface area contributed by atoms with E-state index in [2.05, 4.69) is 5.32 Å². The highest BCUT2D eigenvalue weighted by Crippen LogP contribution is 2.33. The van der Waals surface area contributed by atoms with Gasteiger partial charge in [0.05, 0.1) is 5.56 Å². The van der Waals surface area contributed by atoms with Crippen molar-refractivity contribution in [2.45, 2.75) is 25.6 Å². The molecule has 1 aromatic rings. The molecule has 0 heterocycles. The number of hydrogen-bond acceptors (Lipinski definition) is 2. The SMILES string of the molecule is CCNC(CCOC)c1ccc(F)c(C(F)(F)F)c1. The predicted octanol–water partition coefficient (Wildman–Crippen LogP) is 3.53. The smallest absolute Gasteiger partial charge is 0.385 e. The van der Waals surface area contributed by atoms with E-state index in [1.165, 1.54) is 13.2 Å². The van der Waals surface area contributed by atoms with E-state index in [1.54, 1.807) is 0 Å². The number of benzene rings is 1. The molecule has 0 spiro atoms. The van der Waals surface area contributed by atoms with Crippen LogP contribution in [0.25, 0.3) is 0 Å². The van der Waals surface area contributed by atoms with Crippen LogP contribution in [0, 0.1) is 5.82 Å². The third-order valence-electron chi connectivity index (χ3n) is 2.76. The molecule has 0 radical (unpaired) electrons. The first-order valence-corrected chi connectivity index (χ1v) is 5.99. The lowest BCUT2D eigenvalue weighted by Crippen LogP contribution is -2.23. The first kappa shape index (κ1) is 15.9. The topological polar surface area (TPSA) is 21.3 Å². The van der Waals surface area contributed by atoms with Crippen LogP contribution in [0.2, 0.25) is 0 Å². The van der Waals surface area contributed by atoms with Crippen molar-refractivity contribution in [2.24, 2.45) is 0 Å². The van der Waals surface area contributed by atoms with Crippen molar-refractivity contribution in [3.05, 3.63) is 35.1 Å². The molecule has 0 aliphatic rings. The van der Waals surface area contributed by atoms with E-state index >= 15 is 0 Å². The van der Waals surface area contributed by atoms with Crippen molar-refractivity contribution in [3.63, 3.8) is 0 Å². The molecule has 0 amide bonds. The molecule has 19 heavy (non-hydrogen) atoms. The van der Waals surface area contributed by atoms with Gasteiger partial charge in [0.25, 0.3) is 0 Å². The summed E-state index contributed by atoms with van der Waals surface area (Å²) in [6.45, 7) is 2.87. The van der Waals surface area contributed by atoms with Gasteiger partial charge in [0, 0.05) is 19.8 Å². The molecule has 1 rings (SSSR count). The Morgan fingerprint density at radius 1 is 1.32 bits per heavy atom. The van der Waals surface area contributed by atoms with Crippen LogP contribution >= 0.6 is 0 Å². The molecular weight excluding hydrogens is 262 g/mol. The Balaban J connectivity index is 3.03. The Morgan fingerprint density at radius 2 is 2.00 bits per heavy atom. The number of alkyl halides is 3. The molecule has 0 aliphatic heterocycles. The number of nitrogens with one attached hydrogen (secondary N) is 1. The molecule has 1 unspecified atom stereocenters. The normalized spacial score (nSPS) is 13.6. The molecule has 1 aromatic carbocycles. The minimum absolute atomic E-state index is 0.286. The van der Waals surface area contributed by atoms with Crippen molar-refractivity contribution in [1.82, 2.24) is 5.32 Å². The fourth-order valence-corrected chi connectivity index (χ4v) is 1.85. The summed E-state index contributed by atoms with van der Waals surface area (Å²) in [7, 11) is 1.52. The zero-order valence-electron chi connectivity index (χ0n) is 10.9. The Hall–Kier alpha value is -1.14. The number of rotatable bonds is 6. The maximum Gasteiger partial charge on any atom is 0.419 e. The first-order chi connectivity index (χ1) is 8.90. The summed E-state index contributed by atoms with van der Waals surface area (Å²) in [4.78, 5) is 0. The lowest BCUT2D eigenvalue weighted by Gasteiger charge is -2.19. The van der Waals surface area contributed by atoms with Crippen LogP contribution in [0.3, 0.4) is 0 Å². The Bertz CT molecular complexity index is 406. The number of halogens is 4.